The molecule has 1 atom stereocenters. The highest BCUT2D eigenvalue weighted by Crippen LogP contribution is 2.34. The Balaban J connectivity index is 0.000000860. The van der Waals surface area contributed by atoms with E-state index in [1.54, 1.807) is 0 Å². The number of aryl methyl sites for hydroxylation is 1. The number of rotatable bonds is 5. The van der Waals surface area contributed by atoms with Crippen molar-refractivity contribution in [3.05, 3.63) is 103 Å². The Kier molecular flexibility index (Phi) is 10.1. The van der Waals surface area contributed by atoms with Crippen molar-refractivity contribution >= 4 is 11.4 Å². The summed E-state index contributed by atoms with van der Waals surface area (Å²) in [6.07, 6.45) is 13.9. The molecule has 1 fully saturated rings. The summed E-state index contributed by atoms with van der Waals surface area (Å²) in [5, 5.41) is 0. The third kappa shape index (κ3) is 6.49. The van der Waals surface area contributed by atoms with Crippen LogP contribution >= 0.6 is 0 Å². The number of hydrogen-bond donors (Lipinski definition) is 0. The minimum atomic E-state index is 0.407. The van der Waals surface area contributed by atoms with Gasteiger partial charge in [-0.1, -0.05) is 62.9 Å². The van der Waals surface area contributed by atoms with Crippen LogP contribution in [0, 0.1) is 19.8 Å². The van der Waals surface area contributed by atoms with Gasteiger partial charge in [0.2, 0.25) is 0 Å². The Morgan fingerprint density at radius 3 is 2.03 bits per heavy atom. The van der Waals surface area contributed by atoms with Crippen LogP contribution in [0.4, 0.5) is 11.4 Å². The number of terminal acetylenes is 1. The topological polar surface area (TPSA) is 19.4 Å². The third-order valence-corrected chi connectivity index (χ3v) is 5.39. The van der Waals surface area contributed by atoms with Gasteiger partial charge < -0.3 is 9.80 Å². The largest absolute Gasteiger partial charge is 0.371 e. The fraction of sp³-hybridized carbons (Fsp3) is 0.276. The summed E-state index contributed by atoms with van der Waals surface area (Å²) in [6.45, 7) is 12.4. The second-order valence-electron chi connectivity index (χ2n) is 7.55. The molecule has 166 valence electrons. The highest BCUT2D eigenvalue weighted by Gasteiger charge is 2.28. The van der Waals surface area contributed by atoms with Gasteiger partial charge in [0.25, 0.3) is 0 Å². The number of nitrogens with zero attached hydrogens (tertiary/aromatic N) is 3. The van der Waals surface area contributed by atoms with Gasteiger partial charge in [0.15, 0.2) is 0 Å². The molecular weight excluding hydrogens is 390 g/mol. The van der Waals surface area contributed by atoms with E-state index < -0.39 is 0 Å². The molecule has 3 aromatic rings. The van der Waals surface area contributed by atoms with Gasteiger partial charge in [-0.2, -0.15) is 0 Å². The predicted molar refractivity (Wildman–Crippen MR) is 138 cm³/mol. The molecule has 1 aliphatic rings. The minimum Gasteiger partial charge on any atom is -0.371 e. The SMILES string of the molecule is C#C.C=C1CC(N(c2ccccc2)c2ccccc2)CCN1Cc1cncc(C)c1.CC. The molecule has 3 heteroatoms. The summed E-state index contributed by atoms with van der Waals surface area (Å²) in [7, 11) is 0. The Labute approximate surface area is 194 Å². The van der Waals surface area contributed by atoms with Crippen LogP contribution < -0.4 is 4.90 Å². The van der Waals surface area contributed by atoms with Gasteiger partial charge in [-0.05, 0) is 48.7 Å². The molecule has 0 saturated carbocycles. The summed E-state index contributed by atoms with van der Waals surface area (Å²) in [6, 6.07) is 24.0. The average Bonchev–Trinajstić information content (AvgIpc) is 2.85. The van der Waals surface area contributed by atoms with Crippen LogP contribution in [0.1, 0.15) is 37.8 Å². The fourth-order valence-electron chi connectivity index (χ4n) is 4.05. The van der Waals surface area contributed by atoms with Crippen molar-refractivity contribution in [1.82, 2.24) is 9.88 Å². The number of piperidine rings is 1. The summed E-state index contributed by atoms with van der Waals surface area (Å²) in [5.41, 5.74) is 6.14. The van der Waals surface area contributed by atoms with Crippen LogP contribution in [0.2, 0.25) is 0 Å². The molecule has 2 heterocycles. The first kappa shape index (κ1) is 24.8. The van der Waals surface area contributed by atoms with Gasteiger partial charge in [0, 0.05) is 55.0 Å². The maximum Gasteiger partial charge on any atom is 0.0441 e. The molecule has 0 radical (unpaired) electrons. The van der Waals surface area contributed by atoms with E-state index in [0.29, 0.717) is 6.04 Å². The van der Waals surface area contributed by atoms with Crippen LogP contribution in [0.5, 0.6) is 0 Å². The van der Waals surface area contributed by atoms with Gasteiger partial charge in [-0.25, -0.2) is 0 Å². The second-order valence-corrected chi connectivity index (χ2v) is 7.55. The van der Waals surface area contributed by atoms with E-state index in [0.717, 1.165) is 25.9 Å². The zero-order valence-corrected chi connectivity index (χ0v) is 19.6. The predicted octanol–water partition coefficient (Wildman–Crippen LogP) is 6.98. The number of pyridine rings is 1. The highest BCUT2D eigenvalue weighted by molar-refractivity contribution is 5.64. The normalized spacial score (nSPS) is 15.0. The number of benzene rings is 2. The number of hydrogen-bond acceptors (Lipinski definition) is 3. The molecular formula is C29H35N3. The lowest BCUT2D eigenvalue weighted by molar-refractivity contribution is 0.266. The van der Waals surface area contributed by atoms with Gasteiger partial charge >= 0.3 is 0 Å². The van der Waals surface area contributed by atoms with Crippen molar-refractivity contribution in [2.75, 3.05) is 11.4 Å². The number of para-hydroxylation sites is 2. The van der Waals surface area contributed by atoms with Crippen LogP contribution in [-0.2, 0) is 6.54 Å². The monoisotopic (exact) mass is 425 g/mol. The molecule has 3 nitrogen and oxygen atoms in total. The van der Waals surface area contributed by atoms with E-state index in [4.69, 9.17) is 0 Å². The maximum atomic E-state index is 4.41. The highest BCUT2D eigenvalue weighted by atomic mass is 15.2. The van der Waals surface area contributed by atoms with Gasteiger partial charge in [-0.15, -0.1) is 12.8 Å². The molecule has 0 spiro atoms. The lowest BCUT2D eigenvalue weighted by Gasteiger charge is -2.41. The summed E-state index contributed by atoms with van der Waals surface area (Å²) in [5.74, 6) is 0. The molecule has 1 aliphatic heterocycles. The second kappa shape index (κ2) is 13.0. The van der Waals surface area contributed by atoms with Crippen molar-refractivity contribution < 1.29 is 0 Å². The van der Waals surface area contributed by atoms with Crippen molar-refractivity contribution in [3.8, 4) is 12.8 Å². The van der Waals surface area contributed by atoms with Gasteiger partial charge in [0.05, 0.1) is 0 Å². The first-order chi connectivity index (χ1) is 15.7. The van der Waals surface area contributed by atoms with E-state index >= 15 is 0 Å². The molecule has 4 rings (SSSR count). The molecule has 0 bridgehead atoms. The molecule has 32 heavy (non-hydrogen) atoms. The smallest absolute Gasteiger partial charge is 0.0441 e. The molecule has 0 N–H and O–H groups in total. The fourth-order valence-corrected chi connectivity index (χ4v) is 4.05. The first-order valence-corrected chi connectivity index (χ1v) is 11.3. The summed E-state index contributed by atoms with van der Waals surface area (Å²) in [4.78, 5) is 9.21. The minimum absolute atomic E-state index is 0.407. The Bertz CT molecular complexity index is 924. The Morgan fingerprint density at radius 1 is 0.969 bits per heavy atom. The van der Waals surface area contributed by atoms with Crippen LogP contribution in [0.15, 0.2) is 91.4 Å². The van der Waals surface area contributed by atoms with Crippen LogP contribution in [0.3, 0.4) is 0 Å². The average molecular weight is 426 g/mol. The van der Waals surface area contributed by atoms with Gasteiger partial charge in [-0.3, -0.25) is 4.98 Å². The standard InChI is InChI=1S/C25H27N3.C2H6.C2H2/c1-20-15-22(18-26-17-20)19-27-14-13-25(16-21(27)2)28(23-9-5-3-6-10-23)24-11-7-4-8-12-24;2*1-2/h3-12,15,17-18,25H,2,13-14,16,19H2,1H3;1-2H3;1-2H. The number of aromatic nitrogens is 1. The lowest BCUT2D eigenvalue weighted by Crippen LogP contribution is -2.41. The van der Waals surface area contributed by atoms with Crippen molar-refractivity contribution in [1.29, 1.82) is 0 Å². The lowest BCUT2D eigenvalue weighted by atomic mass is 9.98. The third-order valence-electron chi connectivity index (χ3n) is 5.39. The molecule has 1 unspecified atom stereocenters. The zero-order chi connectivity index (χ0) is 23.3. The molecule has 0 amide bonds. The van der Waals surface area contributed by atoms with Crippen molar-refractivity contribution in [3.63, 3.8) is 0 Å². The van der Waals surface area contributed by atoms with E-state index in [2.05, 4.69) is 108 Å². The summed E-state index contributed by atoms with van der Waals surface area (Å²) >= 11 is 0. The zero-order valence-electron chi connectivity index (χ0n) is 19.6. The van der Waals surface area contributed by atoms with E-state index in [1.165, 1.54) is 28.2 Å². The van der Waals surface area contributed by atoms with E-state index in [9.17, 15) is 0 Å². The number of likely N-dealkylation sites (tertiary alicyclic amines) is 1. The van der Waals surface area contributed by atoms with Gasteiger partial charge in [0.1, 0.15) is 0 Å². The Hall–Kier alpha value is -3.51. The molecule has 0 aliphatic carbocycles. The maximum absolute atomic E-state index is 4.41. The van der Waals surface area contributed by atoms with E-state index in [-0.39, 0.29) is 0 Å². The quantitative estimate of drug-likeness (QED) is 0.411. The molecule has 1 saturated heterocycles. The first-order valence-electron chi connectivity index (χ1n) is 11.3. The van der Waals surface area contributed by atoms with Crippen LogP contribution in [-0.4, -0.2) is 22.5 Å². The van der Waals surface area contributed by atoms with E-state index in [1.807, 2.05) is 26.2 Å². The van der Waals surface area contributed by atoms with Crippen LogP contribution in [0.25, 0.3) is 0 Å². The summed E-state index contributed by atoms with van der Waals surface area (Å²) < 4.78 is 0. The molecule has 2 aromatic carbocycles. The Morgan fingerprint density at radius 2 is 1.53 bits per heavy atom. The number of anilines is 2. The molecule has 1 aromatic heterocycles. The van der Waals surface area contributed by atoms with Crippen molar-refractivity contribution in [2.45, 2.75) is 46.2 Å². The van der Waals surface area contributed by atoms with Crippen molar-refractivity contribution in [2.24, 2.45) is 0 Å².